The molecule has 0 unspecified atom stereocenters. The molecule has 4 aromatic rings. The molecule has 0 spiro atoms. The van der Waals surface area contributed by atoms with E-state index < -0.39 is 20.9 Å². The number of amides is 1. The molecule has 10 heteroatoms. The molecule has 0 atom stereocenters. The van der Waals surface area contributed by atoms with E-state index in [4.69, 9.17) is 0 Å². The molecular formula is C25H21N3O6S. The number of hydrogen-bond donors (Lipinski definition) is 4. The van der Waals surface area contributed by atoms with E-state index in [0.29, 0.717) is 22.1 Å². The van der Waals surface area contributed by atoms with Gasteiger partial charge in [-0.15, -0.1) is 10.2 Å². The van der Waals surface area contributed by atoms with Gasteiger partial charge >= 0.3 is 0 Å². The Labute approximate surface area is 201 Å². The number of hydrogen-bond acceptors (Lipinski definition) is 7. The van der Waals surface area contributed by atoms with Crippen LogP contribution in [0.1, 0.15) is 21.5 Å². The van der Waals surface area contributed by atoms with Crippen molar-refractivity contribution in [3.63, 3.8) is 0 Å². The van der Waals surface area contributed by atoms with Crippen molar-refractivity contribution in [1.29, 1.82) is 0 Å². The zero-order chi connectivity index (χ0) is 25.3. The van der Waals surface area contributed by atoms with Gasteiger partial charge in [0.15, 0.2) is 0 Å². The van der Waals surface area contributed by atoms with E-state index >= 15 is 0 Å². The molecule has 4 N–H and O–H groups in total. The van der Waals surface area contributed by atoms with Gasteiger partial charge in [-0.3, -0.25) is 9.35 Å². The number of phenolic OH excluding ortho intramolecular Hbond substituents is 2. The first kappa shape index (κ1) is 23.9. The van der Waals surface area contributed by atoms with Gasteiger partial charge in [0.05, 0.1) is 16.1 Å². The molecule has 9 nitrogen and oxygen atoms in total. The quantitative estimate of drug-likeness (QED) is 0.205. The molecule has 0 fully saturated rings. The first-order chi connectivity index (χ1) is 16.5. The second-order valence-corrected chi connectivity index (χ2v) is 9.39. The Balaban J connectivity index is 1.69. The van der Waals surface area contributed by atoms with Crippen LogP contribution in [0.2, 0.25) is 0 Å². The number of carbonyl (C=O) groups is 1. The monoisotopic (exact) mass is 491 g/mol. The number of rotatable bonds is 5. The fourth-order valence-corrected chi connectivity index (χ4v) is 4.06. The zero-order valence-electron chi connectivity index (χ0n) is 18.7. The average Bonchev–Trinajstić information content (AvgIpc) is 2.79. The first-order valence-corrected chi connectivity index (χ1v) is 11.8. The molecule has 0 heterocycles. The van der Waals surface area contributed by atoms with Gasteiger partial charge in [-0.05, 0) is 67.3 Å². The molecule has 35 heavy (non-hydrogen) atoms. The van der Waals surface area contributed by atoms with Crippen molar-refractivity contribution in [2.24, 2.45) is 10.2 Å². The second-order valence-electron chi connectivity index (χ2n) is 7.97. The van der Waals surface area contributed by atoms with Gasteiger partial charge in [0.1, 0.15) is 17.2 Å². The first-order valence-electron chi connectivity index (χ1n) is 10.4. The number of phenols is 2. The van der Waals surface area contributed by atoms with Crippen LogP contribution in [0.3, 0.4) is 0 Å². The van der Waals surface area contributed by atoms with E-state index in [9.17, 15) is 28.0 Å². The van der Waals surface area contributed by atoms with Gasteiger partial charge in [-0.25, -0.2) is 0 Å². The fourth-order valence-electron chi connectivity index (χ4n) is 3.56. The molecular weight excluding hydrogens is 470 g/mol. The fraction of sp³-hybridized carbons (Fsp3) is 0.0800. The van der Waals surface area contributed by atoms with Crippen molar-refractivity contribution in [1.82, 2.24) is 0 Å². The highest BCUT2D eigenvalue weighted by Crippen LogP contribution is 2.35. The molecule has 0 aromatic heterocycles. The minimum atomic E-state index is -4.49. The largest absolute Gasteiger partial charge is 0.507 e. The maximum Gasteiger partial charge on any atom is 0.294 e. The summed E-state index contributed by atoms with van der Waals surface area (Å²) in [6.07, 6.45) is 0. The average molecular weight is 492 g/mol. The van der Waals surface area contributed by atoms with Crippen molar-refractivity contribution >= 4 is 43.9 Å². The number of nitrogens with zero attached hydrogens (tertiary/aromatic N) is 2. The molecule has 178 valence electrons. The molecule has 0 bridgehead atoms. The third kappa shape index (κ3) is 5.13. The summed E-state index contributed by atoms with van der Waals surface area (Å²) in [5.74, 6) is -1.08. The Morgan fingerprint density at radius 3 is 2.31 bits per heavy atom. The lowest BCUT2D eigenvalue weighted by molar-refractivity contribution is 0.102. The number of anilines is 1. The SMILES string of the molecule is Cc1ccc(NC(=O)c2cc3cccc(N=Nc4cc(S(=O)(=O)O)ccc4O)c3cc2O)c(C)c1. The highest BCUT2D eigenvalue weighted by Gasteiger charge is 2.16. The minimum Gasteiger partial charge on any atom is -0.507 e. The molecule has 0 radical (unpaired) electrons. The van der Waals surface area contributed by atoms with Crippen LogP contribution in [0.15, 0.2) is 81.9 Å². The van der Waals surface area contributed by atoms with Crippen molar-refractivity contribution in [3.8, 4) is 11.5 Å². The van der Waals surface area contributed by atoms with Crippen molar-refractivity contribution in [3.05, 3.63) is 83.4 Å². The standard InChI is InChI=1S/C25H21N3O6S/c1-14-6-8-20(15(2)10-14)26-25(31)19-11-16-4-3-5-21(18(16)13-24(19)30)27-28-22-12-17(35(32,33)34)7-9-23(22)29/h3-13,29-30H,1-2H3,(H,26,31)(H,32,33,34). The topological polar surface area (TPSA) is 149 Å². The number of nitrogens with one attached hydrogen (secondary N) is 1. The number of aryl methyl sites for hydroxylation is 2. The molecule has 0 aliphatic carbocycles. The van der Waals surface area contributed by atoms with Gasteiger partial charge in [0.25, 0.3) is 16.0 Å². The summed E-state index contributed by atoms with van der Waals surface area (Å²) in [5, 5.41) is 32.4. The second kappa shape index (κ2) is 9.16. The number of carbonyl (C=O) groups excluding carboxylic acids is 1. The van der Waals surface area contributed by atoms with Crippen LogP contribution in [0.25, 0.3) is 10.8 Å². The molecule has 1 amide bonds. The van der Waals surface area contributed by atoms with Crippen LogP contribution in [-0.4, -0.2) is 29.1 Å². The summed E-state index contributed by atoms with van der Waals surface area (Å²) >= 11 is 0. The molecule has 0 saturated carbocycles. The Kier molecular flexibility index (Phi) is 6.25. The number of fused-ring (bicyclic) bond motifs is 1. The van der Waals surface area contributed by atoms with Gasteiger partial charge in [0, 0.05) is 11.1 Å². The molecule has 4 aromatic carbocycles. The van der Waals surface area contributed by atoms with Gasteiger partial charge in [0.2, 0.25) is 0 Å². The minimum absolute atomic E-state index is 0.0741. The predicted molar refractivity (Wildman–Crippen MR) is 132 cm³/mol. The normalized spacial score (nSPS) is 11.7. The van der Waals surface area contributed by atoms with Gasteiger partial charge < -0.3 is 15.5 Å². The zero-order valence-corrected chi connectivity index (χ0v) is 19.5. The van der Waals surface area contributed by atoms with Gasteiger partial charge in [-0.1, -0.05) is 29.8 Å². The van der Waals surface area contributed by atoms with Gasteiger partial charge in [-0.2, -0.15) is 8.42 Å². The van der Waals surface area contributed by atoms with Crippen LogP contribution in [0, 0.1) is 13.8 Å². The lowest BCUT2D eigenvalue weighted by Gasteiger charge is -2.11. The highest BCUT2D eigenvalue weighted by atomic mass is 32.2. The molecule has 0 aliphatic heterocycles. The van der Waals surface area contributed by atoms with Crippen LogP contribution in [0.5, 0.6) is 11.5 Å². The van der Waals surface area contributed by atoms with Crippen LogP contribution >= 0.6 is 0 Å². The lowest BCUT2D eigenvalue weighted by atomic mass is 10.0. The number of benzene rings is 4. The van der Waals surface area contributed by atoms with E-state index in [2.05, 4.69) is 15.5 Å². The van der Waals surface area contributed by atoms with Crippen LogP contribution in [0.4, 0.5) is 17.1 Å². The maximum atomic E-state index is 12.9. The highest BCUT2D eigenvalue weighted by molar-refractivity contribution is 7.85. The summed E-state index contributed by atoms with van der Waals surface area (Å²) in [4.78, 5) is 12.4. The summed E-state index contributed by atoms with van der Waals surface area (Å²) in [6, 6.07) is 16.6. The van der Waals surface area contributed by atoms with Crippen molar-refractivity contribution < 1.29 is 28.0 Å². The van der Waals surface area contributed by atoms with E-state index in [1.54, 1.807) is 24.3 Å². The smallest absolute Gasteiger partial charge is 0.294 e. The van der Waals surface area contributed by atoms with E-state index in [-0.39, 0.29) is 22.7 Å². The molecule has 4 rings (SSSR count). The van der Waals surface area contributed by atoms with E-state index in [1.807, 2.05) is 26.0 Å². The Morgan fingerprint density at radius 1 is 0.857 bits per heavy atom. The molecule has 0 saturated heterocycles. The Bertz CT molecular complexity index is 1610. The summed E-state index contributed by atoms with van der Waals surface area (Å²) in [7, 11) is -4.49. The third-order valence-electron chi connectivity index (χ3n) is 5.36. The Morgan fingerprint density at radius 2 is 1.60 bits per heavy atom. The summed E-state index contributed by atoms with van der Waals surface area (Å²) in [6.45, 7) is 3.83. The molecule has 0 aliphatic rings. The van der Waals surface area contributed by atoms with Crippen molar-refractivity contribution in [2.75, 3.05) is 5.32 Å². The third-order valence-corrected chi connectivity index (χ3v) is 6.21. The van der Waals surface area contributed by atoms with E-state index in [0.717, 1.165) is 29.3 Å². The van der Waals surface area contributed by atoms with Crippen molar-refractivity contribution in [2.45, 2.75) is 18.7 Å². The van der Waals surface area contributed by atoms with Crippen LogP contribution in [-0.2, 0) is 10.1 Å². The maximum absolute atomic E-state index is 12.9. The Hall–Kier alpha value is -4.28. The summed E-state index contributed by atoms with van der Waals surface area (Å²) < 4.78 is 31.9. The number of azo groups is 1. The number of aromatic hydroxyl groups is 2. The lowest BCUT2D eigenvalue weighted by Crippen LogP contribution is -2.13. The van der Waals surface area contributed by atoms with E-state index in [1.165, 1.54) is 12.1 Å². The van der Waals surface area contributed by atoms with Crippen LogP contribution < -0.4 is 5.32 Å². The predicted octanol–water partition coefficient (Wildman–Crippen LogP) is 5.78. The summed E-state index contributed by atoms with van der Waals surface area (Å²) in [5.41, 5.74) is 2.79.